The van der Waals surface area contributed by atoms with E-state index in [4.69, 9.17) is 5.21 Å². The van der Waals surface area contributed by atoms with E-state index < -0.39 is 9.96 Å². The smallest absolute Gasteiger partial charge is 0.362 e. The van der Waals surface area contributed by atoms with E-state index in [1.165, 1.54) is 12.1 Å². The predicted molar refractivity (Wildman–Crippen MR) is 83.6 cm³/mol. The van der Waals surface area contributed by atoms with E-state index in [0.717, 1.165) is 6.07 Å². The molecule has 2 rings (SSSR count). The van der Waals surface area contributed by atoms with Crippen LogP contribution in [0.2, 0.25) is 0 Å². The zero-order chi connectivity index (χ0) is 17.9. The molecule has 0 spiro atoms. The average Bonchev–Trinajstić information content (AvgIpc) is 2.53. The lowest BCUT2D eigenvalue weighted by molar-refractivity contribution is -0.770. The molecule has 1 aromatic carbocycles. The van der Waals surface area contributed by atoms with Crippen LogP contribution in [0.1, 0.15) is 25.2 Å². The van der Waals surface area contributed by atoms with Gasteiger partial charge < -0.3 is 5.11 Å². The van der Waals surface area contributed by atoms with Crippen molar-refractivity contribution in [3.63, 3.8) is 0 Å². The van der Waals surface area contributed by atoms with Gasteiger partial charge in [-0.25, -0.2) is 15.2 Å². The number of phenolic OH excluding ortho intramolecular Hbond substituents is 1. The molecule has 24 heavy (non-hydrogen) atoms. The fraction of sp³-hybridized carbons (Fsp3) is 0.286. The number of nitrogens with one attached hydrogen (secondary N) is 1. The second-order valence-corrected chi connectivity index (χ2v) is 4.87. The fourth-order valence-electron chi connectivity index (χ4n) is 2.36. The lowest BCUT2D eigenvalue weighted by Crippen LogP contribution is -2.16. The van der Waals surface area contributed by atoms with E-state index in [1.54, 1.807) is 0 Å². The zero-order valence-corrected chi connectivity index (χ0v) is 13.1. The van der Waals surface area contributed by atoms with Crippen molar-refractivity contribution in [2.24, 2.45) is 0 Å². The summed E-state index contributed by atoms with van der Waals surface area (Å²) in [6.45, 7) is 3.65. The number of hydrazine groups is 1. The number of hydrogen-bond donors (Lipinski definition) is 3. The molecule has 0 bridgehead atoms. The summed E-state index contributed by atoms with van der Waals surface area (Å²) in [5.74, 6) is -0.336. The highest BCUT2D eigenvalue weighted by Gasteiger charge is 2.21. The molecule has 0 saturated carbocycles. The fourth-order valence-corrected chi connectivity index (χ4v) is 2.36. The van der Waals surface area contributed by atoms with Crippen molar-refractivity contribution >= 4 is 11.6 Å². The second-order valence-electron chi connectivity index (χ2n) is 4.87. The topological polar surface area (TPSA) is 141 Å². The lowest BCUT2D eigenvalue weighted by Gasteiger charge is -2.13. The van der Waals surface area contributed by atoms with Gasteiger partial charge in [0, 0.05) is 17.2 Å². The van der Waals surface area contributed by atoms with Gasteiger partial charge in [-0.2, -0.15) is 0 Å². The normalized spacial score (nSPS) is 10.4. The van der Waals surface area contributed by atoms with Crippen LogP contribution in [0.5, 0.6) is 5.75 Å². The molecular formula is C14H16N5O5+. The largest absolute Gasteiger partial charge is 0.507 e. The van der Waals surface area contributed by atoms with Crippen LogP contribution in [-0.4, -0.2) is 30.2 Å². The van der Waals surface area contributed by atoms with E-state index in [-0.39, 0.29) is 17.4 Å². The van der Waals surface area contributed by atoms with Gasteiger partial charge in [-0.05, 0) is 24.3 Å². The molecule has 126 valence electrons. The number of aromatic hydroxyl groups is 1. The number of aromatic nitrogens is 2. The number of nitro benzene ring substituents is 1. The quantitative estimate of drug-likeness (QED) is 0.540. The first-order valence-corrected chi connectivity index (χ1v) is 7.17. The van der Waals surface area contributed by atoms with Gasteiger partial charge >= 0.3 is 5.03 Å². The summed E-state index contributed by atoms with van der Waals surface area (Å²) in [4.78, 5) is 29.2. The number of anilines is 1. The molecular weight excluding hydrogens is 318 g/mol. The molecule has 0 unspecified atom stereocenters. The molecule has 1 heterocycles. The number of nitrogens with zero attached hydrogens (tertiary/aromatic N) is 4. The molecule has 0 aliphatic carbocycles. The van der Waals surface area contributed by atoms with Gasteiger partial charge in [-0.15, -0.1) is 0 Å². The highest BCUT2D eigenvalue weighted by molar-refractivity contribution is 5.76. The molecule has 3 N–H and O–H groups in total. The Bertz CT molecular complexity index is 783. The molecule has 0 fully saturated rings. The van der Waals surface area contributed by atoms with Crippen molar-refractivity contribution < 1.29 is 20.3 Å². The third-order valence-electron chi connectivity index (χ3n) is 3.39. The first-order valence-electron chi connectivity index (χ1n) is 7.17. The number of rotatable bonds is 6. The monoisotopic (exact) mass is 334 g/mol. The first-order chi connectivity index (χ1) is 11.4. The zero-order valence-electron chi connectivity index (χ0n) is 13.1. The van der Waals surface area contributed by atoms with Crippen molar-refractivity contribution in [2.45, 2.75) is 26.7 Å². The molecule has 0 aliphatic rings. The minimum absolute atomic E-state index is 0.0775. The maximum atomic E-state index is 10.8. The molecule has 1 aromatic heterocycles. The predicted octanol–water partition coefficient (Wildman–Crippen LogP) is 2.38. The van der Waals surface area contributed by atoms with E-state index in [0.29, 0.717) is 35.4 Å². The Hall–Kier alpha value is -3.30. The van der Waals surface area contributed by atoms with Crippen molar-refractivity contribution in [3.8, 4) is 16.9 Å². The Balaban J connectivity index is 2.64. The molecule has 0 aliphatic heterocycles. The van der Waals surface area contributed by atoms with Gasteiger partial charge in [-0.1, -0.05) is 13.8 Å². The van der Waals surface area contributed by atoms with Crippen LogP contribution in [-0.2, 0) is 12.8 Å². The number of benzene rings is 1. The van der Waals surface area contributed by atoms with Gasteiger partial charge in [0.15, 0.2) is 0 Å². The molecule has 10 heteroatoms. The number of nitro groups is 1. The molecule has 0 amide bonds. The Morgan fingerprint density at radius 2 is 1.75 bits per heavy atom. The van der Waals surface area contributed by atoms with Crippen LogP contribution in [0.25, 0.3) is 11.1 Å². The Labute approximate surface area is 136 Å². The van der Waals surface area contributed by atoms with Gasteiger partial charge in [0.25, 0.3) is 11.6 Å². The lowest BCUT2D eigenvalue weighted by atomic mass is 9.98. The van der Waals surface area contributed by atoms with Crippen molar-refractivity contribution in [1.29, 1.82) is 0 Å². The highest BCUT2D eigenvalue weighted by Crippen LogP contribution is 2.36. The Morgan fingerprint density at radius 3 is 2.17 bits per heavy atom. The first kappa shape index (κ1) is 17.1. The number of non-ortho nitro benzene ring substituents is 1. The standard InChI is InChI=1S/C14H15N5O5/c1-3-10-13(9-6-5-8(18(21)22)7-12(9)20)11(4-2)16-14(15-10)17-19(23)24/h5-7H,3-4H2,1-2H3,(H2-,15,16,17,20,23,24)/p+1. The van der Waals surface area contributed by atoms with E-state index in [2.05, 4.69) is 9.97 Å². The summed E-state index contributed by atoms with van der Waals surface area (Å²) in [7, 11) is 0. The summed E-state index contributed by atoms with van der Waals surface area (Å²) in [6.07, 6.45) is 0.917. The Kier molecular flexibility index (Phi) is 4.87. The summed E-state index contributed by atoms with van der Waals surface area (Å²) in [6, 6.07) is 3.78. The molecule has 0 radical (unpaired) electrons. The second kappa shape index (κ2) is 6.86. The summed E-state index contributed by atoms with van der Waals surface area (Å²) < 4.78 is 0. The van der Waals surface area contributed by atoms with Gasteiger partial charge in [0.05, 0.1) is 22.4 Å². The minimum atomic E-state index is -0.599. The molecule has 10 nitrogen and oxygen atoms in total. The number of phenols is 1. The highest BCUT2D eigenvalue weighted by atomic mass is 16.7. The van der Waals surface area contributed by atoms with Crippen LogP contribution >= 0.6 is 0 Å². The van der Waals surface area contributed by atoms with Crippen LogP contribution in [0, 0.1) is 15.0 Å². The van der Waals surface area contributed by atoms with Crippen molar-refractivity contribution in [2.75, 3.05) is 5.43 Å². The van der Waals surface area contributed by atoms with Gasteiger partial charge in [0.1, 0.15) is 10.7 Å². The molecule has 2 aromatic rings. The van der Waals surface area contributed by atoms with Crippen LogP contribution in [0.4, 0.5) is 11.6 Å². The van der Waals surface area contributed by atoms with E-state index >= 15 is 0 Å². The van der Waals surface area contributed by atoms with E-state index in [9.17, 15) is 20.1 Å². The van der Waals surface area contributed by atoms with Crippen molar-refractivity contribution in [1.82, 2.24) is 9.97 Å². The summed E-state index contributed by atoms with van der Waals surface area (Å²) in [5.41, 5.74) is 3.76. The number of aryl methyl sites for hydroxylation is 2. The van der Waals surface area contributed by atoms with Crippen LogP contribution < -0.4 is 5.43 Å². The summed E-state index contributed by atoms with van der Waals surface area (Å²) >= 11 is 0. The van der Waals surface area contributed by atoms with Crippen molar-refractivity contribution in [3.05, 3.63) is 44.6 Å². The maximum absolute atomic E-state index is 10.8. The van der Waals surface area contributed by atoms with E-state index in [1.807, 2.05) is 19.3 Å². The number of hydrogen-bond acceptors (Lipinski definition) is 6. The SMILES string of the molecule is CCc1nc(N[N+](=O)O)nc(CC)c1-c1ccc([N+](=O)[O-])cc1O. The van der Waals surface area contributed by atoms with Gasteiger partial charge in [0.2, 0.25) is 0 Å². The maximum Gasteiger partial charge on any atom is 0.362 e. The van der Waals surface area contributed by atoms with Crippen LogP contribution in [0.3, 0.4) is 0 Å². The third kappa shape index (κ3) is 3.37. The molecule has 0 atom stereocenters. The summed E-state index contributed by atoms with van der Waals surface area (Å²) in [5, 5.41) is 29.2. The Morgan fingerprint density at radius 1 is 1.17 bits per heavy atom. The molecule has 0 saturated heterocycles. The third-order valence-corrected chi connectivity index (χ3v) is 3.39. The minimum Gasteiger partial charge on any atom is -0.507 e. The van der Waals surface area contributed by atoms with Gasteiger partial charge in [-0.3, -0.25) is 10.1 Å². The average molecular weight is 334 g/mol. The van der Waals surface area contributed by atoms with Crippen LogP contribution in [0.15, 0.2) is 18.2 Å².